The fourth-order valence-electron chi connectivity index (χ4n) is 9.39. The number of aliphatic hydroxyl groups is 4. The summed E-state index contributed by atoms with van der Waals surface area (Å²) in [6, 6.07) is 0. The molecule has 12 heteroatoms. The van der Waals surface area contributed by atoms with Crippen LogP contribution in [0.25, 0.3) is 0 Å². The molecule has 3 aliphatic carbocycles. The number of Topliss-reactive ketones (excluding diaryl/α,β-unsaturated/α-hetero) is 1. The Labute approximate surface area is 246 Å². The van der Waals surface area contributed by atoms with Gasteiger partial charge in [0.25, 0.3) is 0 Å². The summed E-state index contributed by atoms with van der Waals surface area (Å²) in [6.45, 7) is 8.92. The van der Waals surface area contributed by atoms with E-state index in [-0.39, 0.29) is 29.5 Å². The molecule has 42 heavy (non-hydrogen) atoms. The van der Waals surface area contributed by atoms with Gasteiger partial charge in [-0.2, -0.15) is 0 Å². The largest absolute Gasteiger partial charge is 0.493 e. The van der Waals surface area contributed by atoms with Crippen molar-refractivity contribution in [2.24, 2.45) is 40.4 Å². The Balaban J connectivity index is 1.56. The smallest absolute Gasteiger partial charge is 0.303 e. The van der Waals surface area contributed by atoms with Gasteiger partial charge < -0.3 is 48.8 Å². The monoisotopic (exact) mass is 598 g/mol. The van der Waals surface area contributed by atoms with E-state index in [1.165, 1.54) is 14.0 Å². The van der Waals surface area contributed by atoms with Crippen molar-refractivity contribution >= 4 is 11.8 Å². The van der Waals surface area contributed by atoms with Crippen LogP contribution in [-0.2, 0) is 38.0 Å². The van der Waals surface area contributed by atoms with Crippen molar-refractivity contribution in [3.8, 4) is 0 Å². The fourth-order valence-corrected chi connectivity index (χ4v) is 9.39. The number of methoxy groups -OCH3 is 2. The predicted molar refractivity (Wildman–Crippen MR) is 144 cm³/mol. The number of carbonyl (C=O) groups is 2. The second-order valence-corrected chi connectivity index (χ2v) is 13.3. The molecule has 0 aromatic heterocycles. The van der Waals surface area contributed by atoms with Crippen LogP contribution in [-0.4, -0.2) is 108 Å². The molecule has 16 atom stereocenters. The Kier molecular flexibility index (Phi) is 8.60. The SMILES string of the molecule is COC1=C[C@@H](C)[C@@H]2C[C@H]3OC(O[C@@H]4O[C@H](CO)[C@@H](O)[C@H](O)[C@H]4O)C[C@H]4[C@@H](C)[C@H](OC)[C@@H](OC(C)=O)[C@H]([C@@]2(C)C1=O)[C@@]34C. The maximum Gasteiger partial charge on any atom is 0.303 e. The van der Waals surface area contributed by atoms with Crippen molar-refractivity contribution in [3.05, 3.63) is 11.8 Å². The maximum atomic E-state index is 14.2. The lowest BCUT2D eigenvalue weighted by Crippen LogP contribution is -2.74. The lowest BCUT2D eigenvalue weighted by atomic mass is 9.38. The second kappa shape index (κ2) is 11.4. The van der Waals surface area contributed by atoms with Crippen LogP contribution < -0.4 is 0 Å². The highest BCUT2D eigenvalue weighted by Crippen LogP contribution is 2.69. The van der Waals surface area contributed by atoms with Crippen molar-refractivity contribution < 1.29 is 58.4 Å². The summed E-state index contributed by atoms with van der Waals surface area (Å²) in [7, 11) is 3.07. The van der Waals surface area contributed by atoms with Gasteiger partial charge in [0.15, 0.2) is 18.3 Å². The molecule has 5 aliphatic rings. The molecule has 0 bridgehead atoms. The van der Waals surface area contributed by atoms with Gasteiger partial charge in [0.2, 0.25) is 5.78 Å². The van der Waals surface area contributed by atoms with Crippen molar-refractivity contribution in [3.63, 3.8) is 0 Å². The number of ether oxygens (including phenoxy) is 6. The summed E-state index contributed by atoms with van der Waals surface area (Å²) in [5, 5.41) is 40.8. The molecule has 5 rings (SSSR count). The zero-order valence-corrected chi connectivity index (χ0v) is 25.3. The lowest BCUT2D eigenvalue weighted by Gasteiger charge is -2.69. The number of aliphatic hydroxyl groups excluding tert-OH is 4. The third kappa shape index (κ3) is 4.56. The summed E-state index contributed by atoms with van der Waals surface area (Å²) in [6.07, 6.45) is -6.98. The molecule has 12 nitrogen and oxygen atoms in total. The highest BCUT2D eigenvalue weighted by atomic mass is 16.8. The molecule has 4 fully saturated rings. The van der Waals surface area contributed by atoms with Gasteiger partial charge in [0.1, 0.15) is 30.5 Å². The predicted octanol–water partition coefficient (Wildman–Crippen LogP) is 0.528. The molecule has 0 amide bonds. The molecule has 0 spiro atoms. The van der Waals surface area contributed by atoms with Gasteiger partial charge in [0, 0.05) is 37.2 Å². The molecule has 0 aromatic carbocycles. The van der Waals surface area contributed by atoms with E-state index in [1.807, 2.05) is 26.8 Å². The van der Waals surface area contributed by atoms with Crippen LogP contribution >= 0.6 is 0 Å². The van der Waals surface area contributed by atoms with Crippen LogP contribution in [0.2, 0.25) is 0 Å². The standard InChI is InChI=1S/C30H46O12/c1-12-8-17(37-6)27(36)30(5)15(12)9-19-29(4)16(13(2)24(38-7)25(26(29)30)39-14(3)32)10-20(41-19)42-28-23(35)22(34)21(33)18(11-31)40-28/h8,12-13,15-16,18-26,28,31,33-35H,9-11H2,1-7H3/t12-,13-,15+,16+,18-,19-,20?,21-,22+,23-,24+,25-,26+,28+,29-,30+/m1/s1. The number of rotatable bonds is 6. The second-order valence-electron chi connectivity index (χ2n) is 13.3. The number of hydrogen-bond acceptors (Lipinski definition) is 12. The number of fused-ring (bicyclic) bond motifs is 2. The Morgan fingerprint density at radius 3 is 2.31 bits per heavy atom. The average molecular weight is 599 g/mol. The van der Waals surface area contributed by atoms with E-state index < -0.39 is 84.6 Å². The first-order valence-corrected chi connectivity index (χ1v) is 14.9. The first-order chi connectivity index (χ1) is 19.7. The normalized spacial score (nSPS) is 52.1. The van der Waals surface area contributed by atoms with Crippen LogP contribution in [0, 0.1) is 40.4 Å². The Hall–Kier alpha value is -1.64. The van der Waals surface area contributed by atoms with E-state index in [1.54, 1.807) is 7.11 Å². The Bertz CT molecular complexity index is 1080. The number of ketones is 1. The molecule has 2 saturated heterocycles. The van der Waals surface area contributed by atoms with Crippen LogP contribution in [0.4, 0.5) is 0 Å². The minimum absolute atomic E-state index is 0.0562. The van der Waals surface area contributed by atoms with Crippen LogP contribution in [0.3, 0.4) is 0 Å². The molecule has 4 N–H and O–H groups in total. The Morgan fingerprint density at radius 1 is 1.02 bits per heavy atom. The molecule has 0 radical (unpaired) electrons. The highest BCUT2D eigenvalue weighted by Gasteiger charge is 2.73. The van der Waals surface area contributed by atoms with Crippen molar-refractivity contribution in [1.29, 1.82) is 0 Å². The lowest BCUT2D eigenvalue weighted by molar-refractivity contribution is -0.380. The number of allylic oxidation sites excluding steroid dienone is 2. The summed E-state index contributed by atoms with van der Waals surface area (Å²) in [5.74, 6) is -1.29. The quantitative estimate of drug-likeness (QED) is 0.313. The maximum absolute atomic E-state index is 14.2. The third-order valence-electron chi connectivity index (χ3n) is 11.3. The highest BCUT2D eigenvalue weighted by molar-refractivity contribution is 5.99. The number of esters is 1. The van der Waals surface area contributed by atoms with Gasteiger partial charge in [-0.15, -0.1) is 0 Å². The van der Waals surface area contributed by atoms with Gasteiger partial charge in [-0.3, -0.25) is 9.59 Å². The fraction of sp³-hybridized carbons (Fsp3) is 0.867. The molecule has 1 unspecified atom stereocenters. The minimum Gasteiger partial charge on any atom is -0.493 e. The van der Waals surface area contributed by atoms with E-state index in [0.29, 0.717) is 18.6 Å². The van der Waals surface area contributed by atoms with Gasteiger partial charge in [-0.05, 0) is 36.2 Å². The van der Waals surface area contributed by atoms with Crippen molar-refractivity contribution in [2.45, 2.75) is 103 Å². The van der Waals surface area contributed by atoms with Crippen LogP contribution in [0.15, 0.2) is 11.8 Å². The van der Waals surface area contributed by atoms with Gasteiger partial charge in [-0.1, -0.05) is 27.7 Å². The number of carbonyl (C=O) groups excluding carboxylic acids is 2. The Morgan fingerprint density at radius 2 is 1.71 bits per heavy atom. The van der Waals surface area contributed by atoms with Gasteiger partial charge in [0.05, 0.1) is 25.9 Å². The summed E-state index contributed by atoms with van der Waals surface area (Å²) >= 11 is 0. The molecule has 2 heterocycles. The molecule has 2 aliphatic heterocycles. The zero-order chi connectivity index (χ0) is 30.9. The summed E-state index contributed by atoms with van der Waals surface area (Å²) in [4.78, 5) is 26.7. The van der Waals surface area contributed by atoms with E-state index in [0.717, 1.165) is 0 Å². The van der Waals surface area contributed by atoms with E-state index in [4.69, 9.17) is 28.4 Å². The summed E-state index contributed by atoms with van der Waals surface area (Å²) in [5.41, 5.74) is -1.60. The van der Waals surface area contributed by atoms with Crippen molar-refractivity contribution in [1.82, 2.24) is 0 Å². The minimum atomic E-state index is -1.58. The molecule has 0 aromatic rings. The van der Waals surface area contributed by atoms with E-state index in [9.17, 15) is 30.0 Å². The van der Waals surface area contributed by atoms with Crippen molar-refractivity contribution in [2.75, 3.05) is 20.8 Å². The van der Waals surface area contributed by atoms with Gasteiger partial charge >= 0.3 is 5.97 Å². The number of hydrogen-bond donors (Lipinski definition) is 4. The van der Waals surface area contributed by atoms with Crippen LogP contribution in [0.5, 0.6) is 0 Å². The molecule has 238 valence electrons. The topological polar surface area (TPSA) is 170 Å². The zero-order valence-electron chi connectivity index (χ0n) is 25.3. The average Bonchev–Trinajstić information content (AvgIpc) is 2.93. The molecule has 2 saturated carbocycles. The van der Waals surface area contributed by atoms with Gasteiger partial charge in [-0.25, -0.2) is 0 Å². The first kappa shape index (κ1) is 31.8. The van der Waals surface area contributed by atoms with Crippen LogP contribution in [0.1, 0.15) is 47.5 Å². The first-order valence-electron chi connectivity index (χ1n) is 14.9. The third-order valence-corrected chi connectivity index (χ3v) is 11.3. The molecular formula is C30H46O12. The van der Waals surface area contributed by atoms with E-state index >= 15 is 0 Å². The van der Waals surface area contributed by atoms with E-state index in [2.05, 4.69) is 6.92 Å². The summed E-state index contributed by atoms with van der Waals surface area (Å²) < 4.78 is 36.0. The molecular weight excluding hydrogens is 552 g/mol.